The third-order valence-electron chi connectivity index (χ3n) is 2.23. The molecule has 19 heavy (non-hydrogen) atoms. The van der Waals surface area contributed by atoms with Gasteiger partial charge in [0.25, 0.3) is 5.91 Å². The van der Waals surface area contributed by atoms with E-state index in [-0.39, 0.29) is 18.0 Å². The van der Waals surface area contributed by atoms with E-state index in [1.807, 2.05) is 0 Å². The minimum atomic E-state index is -0.657. The Hall–Kier alpha value is -1.60. The van der Waals surface area contributed by atoms with Crippen LogP contribution in [0, 0.1) is 5.82 Å². The summed E-state index contributed by atoms with van der Waals surface area (Å²) in [4.78, 5) is 23.4. The minimum Gasteiger partial charge on any atom is -0.383 e. The van der Waals surface area contributed by atoms with Crippen LogP contribution in [-0.4, -0.2) is 38.6 Å². The molecule has 104 valence electrons. The SMILES string of the molecule is COCCNC(=O)CNC(=O)c1cc(S)ccc1F. The molecule has 7 heteroatoms. The van der Waals surface area contributed by atoms with Gasteiger partial charge in [-0.25, -0.2) is 4.39 Å². The fourth-order valence-corrected chi connectivity index (χ4v) is 1.50. The predicted molar refractivity (Wildman–Crippen MR) is 70.9 cm³/mol. The molecule has 0 radical (unpaired) electrons. The molecule has 1 aromatic carbocycles. The summed E-state index contributed by atoms with van der Waals surface area (Å²) < 4.78 is 18.1. The van der Waals surface area contributed by atoms with Crippen LogP contribution in [0.3, 0.4) is 0 Å². The maximum atomic E-state index is 13.4. The van der Waals surface area contributed by atoms with E-state index in [0.29, 0.717) is 18.0 Å². The molecule has 1 rings (SSSR count). The second-order valence-corrected chi connectivity index (χ2v) is 4.21. The van der Waals surface area contributed by atoms with Crippen LogP contribution in [0.1, 0.15) is 10.4 Å². The van der Waals surface area contributed by atoms with Crippen LogP contribution in [0.5, 0.6) is 0 Å². The van der Waals surface area contributed by atoms with Gasteiger partial charge in [-0.2, -0.15) is 0 Å². The van der Waals surface area contributed by atoms with Crippen LogP contribution in [0.2, 0.25) is 0 Å². The maximum Gasteiger partial charge on any atom is 0.254 e. The van der Waals surface area contributed by atoms with E-state index in [0.717, 1.165) is 6.07 Å². The number of hydrogen-bond acceptors (Lipinski definition) is 4. The van der Waals surface area contributed by atoms with Gasteiger partial charge in [-0.1, -0.05) is 0 Å². The van der Waals surface area contributed by atoms with Crippen LogP contribution in [0.25, 0.3) is 0 Å². The molecule has 0 aliphatic heterocycles. The summed E-state index contributed by atoms with van der Waals surface area (Å²) in [5.74, 6) is -1.68. The molecule has 0 unspecified atom stereocenters. The average Bonchev–Trinajstić information content (AvgIpc) is 2.39. The number of carbonyl (C=O) groups is 2. The Balaban J connectivity index is 2.47. The zero-order valence-corrected chi connectivity index (χ0v) is 11.3. The fraction of sp³-hybridized carbons (Fsp3) is 0.333. The van der Waals surface area contributed by atoms with E-state index in [4.69, 9.17) is 4.74 Å². The van der Waals surface area contributed by atoms with E-state index in [1.54, 1.807) is 0 Å². The van der Waals surface area contributed by atoms with Crippen molar-refractivity contribution in [1.29, 1.82) is 0 Å². The Morgan fingerprint density at radius 3 is 2.79 bits per heavy atom. The highest BCUT2D eigenvalue weighted by atomic mass is 32.1. The normalized spacial score (nSPS) is 10.1. The third-order valence-corrected chi connectivity index (χ3v) is 2.51. The van der Waals surface area contributed by atoms with Crippen LogP contribution in [-0.2, 0) is 9.53 Å². The van der Waals surface area contributed by atoms with Gasteiger partial charge in [-0.3, -0.25) is 9.59 Å². The Labute approximate surface area is 115 Å². The number of rotatable bonds is 6. The van der Waals surface area contributed by atoms with Crippen LogP contribution >= 0.6 is 12.6 Å². The molecule has 0 fully saturated rings. The summed E-state index contributed by atoms with van der Waals surface area (Å²) in [5, 5.41) is 4.86. The summed E-state index contributed by atoms with van der Waals surface area (Å²) in [6, 6.07) is 3.89. The first kappa shape index (κ1) is 15.5. The van der Waals surface area contributed by atoms with Gasteiger partial charge in [0, 0.05) is 18.6 Å². The van der Waals surface area contributed by atoms with Gasteiger partial charge in [0.15, 0.2) is 0 Å². The van der Waals surface area contributed by atoms with Gasteiger partial charge in [-0.15, -0.1) is 12.6 Å². The molecular formula is C12H15FN2O3S. The zero-order valence-electron chi connectivity index (χ0n) is 10.4. The highest BCUT2D eigenvalue weighted by Gasteiger charge is 2.12. The Morgan fingerprint density at radius 2 is 2.11 bits per heavy atom. The lowest BCUT2D eigenvalue weighted by Gasteiger charge is -2.07. The van der Waals surface area contributed by atoms with Crippen molar-refractivity contribution in [3.8, 4) is 0 Å². The fourth-order valence-electron chi connectivity index (χ4n) is 1.30. The highest BCUT2D eigenvalue weighted by molar-refractivity contribution is 7.80. The van der Waals surface area contributed by atoms with Gasteiger partial charge >= 0.3 is 0 Å². The van der Waals surface area contributed by atoms with Crippen LogP contribution < -0.4 is 10.6 Å². The summed E-state index contributed by atoms with van der Waals surface area (Å²) in [6.45, 7) is 0.514. The molecule has 0 aliphatic rings. The molecule has 0 heterocycles. The number of thiol groups is 1. The van der Waals surface area contributed by atoms with Crippen molar-refractivity contribution in [2.24, 2.45) is 0 Å². The number of benzene rings is 1. The topological polar surface area (TPSA) is 67.4 Å². The van der Waals surface area contributed by atoms with Crippen molar-refractivity contribution in [3.63, 3.8) is 0 Å². The van der Waals surface area contributed by atoms with Gasteiger partial charge in [0.2, 0.25) is 5.91 Å². The van der Waals surface area contributed by atoms with Crippen molar-refractivity contribution in [2.45, 2.75) is 4.90 Å². The second kappa shape index (κ2) is 7.75. The molecule has 5 nitrogen and oxygen atoms in total. The average molecular weight is 286 g/mol. The number of nitrogens with one attached hydrogen (secondary N) is 2. The zero-order chi connectivity index (χ0) is 14.3. The first-order chi connectivity index (χ1) is 9.04. The number of carbonyl (C=O) groups excluding carboxylic acids is 2. The van der Waals surface area contributed by atoms with E-state index < -0.39 is 11.7 Å². The lowest BCUT2D eigenvalue weighted by molar-refractivity contribution is -0.120. The van der Waals surface area contributed by atoms with Crippen molar-refractivity contribution in [1.82, 2.24) is 10.6 Å². The van der Waals surface area contributed by atoms with Crippen molar-refractivity contribution in [3.05, 3.63) is 29.6 Å². The molecule has 0 saturated heterocycles. The van der Waals surface area contributed by atoms with Gasteiger partial charge in [0.1, 0.15) is 5.82 Å². The number of halogens is 1. The molecule has 0 aliphatic carbocycles. The lowest BCUT2D eigenvalue weighted by atomic mass is 10.2. The maximum absolute atomic E-state index is 13.4. The molecule has 0 saturated carbocycles. The standard InChI is InChI=1S/C12H15FN2O3S/c1-18-5-4-14-11(16)7-15-12(17)9-6-8(19)2-3-10(9)13/h2-3,6,19H,4-5,7H2,1H3,(H,14,16)(H,15,17). The van der Waals surface area contributed by atoms with E-state index in [9.17, 15) is 14.0 Å². The molecule has 1 aromatic rings. The highest BCUT2D eigenvalue weighted by Crippen LogP contribution is 2.13. The molecule has 2 N–H and O–H groups in total. The number of ether oxygens (including phenoxy) is 1. The summed E-state index contributed by atoms with van der Waals surface area (Å²) in [5.41, 5.74) is -0.141. The quantitative estimate of drug-likeness (QED) is 0.530. The number of methoxy groups -OCH3 is 1. The van der Waals surface area contributed by atoms with E-state index in [2.05, 4.69) is 23.3 Å². The second-order valence-electron chi connectivity index (χ2n) is 3.69. The monoisotopic (exact) mass is 286 g/mol. The number of amides is 2. The summed E-state index contributed by atoms with van der Waals surface area (Å²) in [6.07, 6.45) is 0. The molecule has 0 atom stereocenters. The first-order valence-electron chi connectivity index (χ1n) is 5.57. The van der Waals surface area contributed by atoms with E-state index in [1.165, 1.54) is 19.2 Å². The molecule has 0 spiro atoms. The van der Waals surface area contributed by atoms with Gasteiger partial charge < -0.3 is 15.4 Å². The first-order valence-corrected chi connectivity index (χ1v) is 6.01. The Morgan fingerprint density at radius 1 is 1.37 bits per heavy atom. The van der Waals surface area contributed by atoms with Crippen molar-refractivity contribution < 1.29 is 18.7 Å². The smallest absolute Gasteiger partial charge is 0.254 e. The van der Waals surface area contributed by atoms with Crippen molar-refractivity contribution >= 4 is 24.4 Å². The van der Waals surface area contributed by atoms with Crippen LogP contribution in [0.4, 0.5) is 4.39 Å². The minimum absolute atomic E-state index is 0.141. The molecule has 2 amide bonds. The van der Waals surface area contributed by atoms with Gasteiger partial charge in [0.05, 0.1) is 18.7 Å². The third kappa shape index (κ3) is 5.27. The lowest BCUT2D eigenvalue weighted by Crippen LogP contribution is -2.38. The molecular weight excluding hydrogens is 271 g/mol. The van der Waals surface area contributed by atoms with Gasteiger partial charge in [-0.05, 0) is 18.2 Å². The van der Waals surface area contributed by atoms with E-state index >= 15 is 0 Å². The molecule has 0 aromatic heterocycles. The van der Waals surface area contributed by atoms with Crippen LogP contribution in [0.15, 0.2) is 23.1 Å². The Bertz CT molecular complexity index is 468. The predicted octanol–water partition coefficient (Wildman–Crippen LogP) is 0.607. The largest absolute Gasteiger partial charge is 0.383 e. The number of hydrogen-bond donors (Lipinski definition) is 3. The van der Waals surface area contributed by atoms with Crippen molar-refractivity contribution in [2.75, 3.05) is 26.8 Å². The summed E-state index contributed by atoms with van der Waals surface area (Å²) in [7, 11) is 1.52. The summed E-state index contributed by atoms with van der Waals surface area (Å²) >= 11 is 4.02. The molecule has 0 bridgehead atoms. The Kier molecular flexibility index (Phi) is 6.31.